The van der Waals surface area contributed by atoms with Gasteiger partial charge in [-0.15, -0.1) is 0 Å². The molecule has 0 aliphatic carbocycles. The normalized spacial score (nSPS) is 18.3. The van der Waals surface area contributed by atoms with Crippen molar-refractivity contribution in [3.05, 3.63) is 71.5 Å². The lowest BCUT2D eigenvalue weighted by atomic mass is 10.0. The highest BCUT2D eigenvalue weighted by Crippen LogP contribution is 2.40. The van der Waals surface area contributed by atoms with Crippen molar-refractivity contribution in [2.45, 2.75) is 0 Å². The fourth-order valence-electron chi connectivity index (χ4n) is 2.43. The van der Waals surface area contributed by atoms with Crippen LogP contribution < -0.4 is 4.74 Å². The third-order valence-electron chi connectivity index (χ3n) is 3.30. The summed E-state index contributed by atoms with van der Waals surface area (Å²) in [5, 5.41) is 0. The first-order valence-electron chi connectivity index (χ1n) is 6.46. The van der Waals surface area contributed by atoms with Gasteiger partial charge in [-0.2, -0.15) is 0 Å². The number of rotatable bonds is 1. The number of allylic oxidation sites excluding steroid dienone is 1. The van der Waals surface area contributed by atoms with Crippen molar-refractivity contribution in [3.63, 3.8) is 0 Å². The summed E-state index contributed by atoms with van der Waals surface area (Å²) in [6.07, 6.45) is 0. The van der Waals surface area contributed by atoms with Gasteiger partial charge in [0.2, 0.25) is 5.76 Å². The zero-order valence-electron chi connectivity index (χ0n) is 10.8. The largest absolute Gasteiger partial charge is 0.995 e. The number of ether oxygens (including phenoxy) is 1. The van der Waals surface area contributed by atoms with Crippen LogP contribution in [0.25, 0.3) is 5.76 Å². The van der Waals surface area contributed by atoms with Crippen LogP contribution in [0.4, 0.5) is 8.63 Å². The van der Waals surface area contributed by atoms with Crippen LogP contribution in [0.5, 0.6) is 5.75 Å². The Labute approximate surface area is 119 Å². The van der Waals surface area contributed by atoms with Gasteiger partial charge in [0.05, 0.1) is 0 Å². The van der Waals surface area contributed by atoms with Crippen molar-refractivity contribution >= 4 is 18.6 Å². The van der Waals surface area contributed by atoms with Crippen LogP contribution in [0.1, 0.15) is 15.5 Å². The van der Waals surface area contributed by atoms with Crippen LogP contribution in [0.15, 0.2) is 60.4 Å². The number of ketones is 1. The lowest BCUT2D eigenvalue weighted by Crippen LogP contribution is -2.20. The molecule has 2 heterocycles. The highest BCUT2D eigenvalue weighted by Gasteiger charge is 2.59. The maximum Gasteiger partial charge on any atom is 0.995 e. The predicted molar refractivity (Wildman–Crippen MR) is 73.8 cm³/mol. The van der Waals surface area contributed by atoms with E-state index in [9.17, 15) is 8.63 Å². The second-order valence-corrected chi connectivity index (χ2v) is 4.72. The second-order valence-electron chi connectivity index (χ2n) is 4.72. The Morgan fingerprint density at radius 1 is 0.857 bits per heavy atom. The number of hydrogen-bond donors (Lipinski definition) is 0. The number of benzene rings is 2. The Bertz CT molecular complexity index is 785. The van der Waals surface area contributed by atoms with E-state index in [1.165, 1.54) is 0 Å². The second kappa shape index (κ2) is 4.18. The van der Waals surface area contributed by atoms with Crippen molar-refractivity contribution in [2.24, 2.45) is 0 Å². The molecule has 0 amide bonds. The van der Waals surface area contributed by atoms with Gasteiger partial charge in [-0.05, 0) is 12.1 Å². The quantitative estimate of drug-likeness (QED) is 0.592. The van der Waals surface area contributed by atoms with E-state index in [1.54, 1.807) is 48.5 Å². The number of hydrogen-bond acceptors (Lipinski definition) is 2. The highest BCUT2D eigenvalue weighted by molar-refractivity contribution is 6.53. The van der Waals surface area contributed by atoms with E-state index < -0.39 is 7.11 Å². The summed E-state index contributed by atoms with van der Waals surface area (Å²) in [5.74, 6) is 0.682. The molecule has 2 aromatic carbocycles. The molecule has 0 unspecified atom stereocenters. The van der Waals surface area contributed by atoms with Crippen molar-refractivity contribution in [1.29, 1.82) is 0 Å². The molecule has 0 fully saturated rings. The molecule has 0 spiro atoms. The molecule has 0 saturated heterocycles. The van der Waals surface area contributed by atoms with Gasteiger partial charge in [-0.25, -0.2) is 0 Å². The topological polar surface area (TPSA) is 29.8 Å². The van der Waals surface area contributed by atoms with Crippen LogP contribution in [0.3, 0.4) is 0 Å². The van der Waals surface area contributed by atoms with Crippen molar-refractivity contribution < 1.29 is 22.4 Å². The van der Waals surface area contributed by atoms with Gasteiger partial charge in [0.25, 0.3) is 0 Å². The van der Waals surface area contributed by atoms with E-state index >= 15 is 0 Å². The zero-order chi connectivity index (χ0) is 14.4. The summed E-state index contributed by atoms with van der Waals surface area (Å²) >= 11 is 0. The van der Waals surface area contributed by atoms with Gasteiger partial charge in [0.1, 0.15) is 11.3 Å². The van der Waals surface area contributed by atoms with E-state index in [2.05, 4.69) is 0 Å². The molecular weight excluding hydrogens is 277 g/mol. The standard InChI is InChI=1S/C15H9BF2O3/c17-16(18)20-14-11-8-4-5-9-12(11)19-13(15(14)21-16)10-6-2-1-3-7-10/h1-9H. The number of halogens is 2. The summed E-state index contributed by atoms with van der Waals surface area (Å²) in [7, 11) is -4.36. The smallest absolute Gasteiger partial charge is 0.560 e. The highest BCUT2D eigenvalue weighted by atomic mass is 19.3. The SMILES string of the molecule is F[B-]1(F)OC2=C(c3ccccc3)Oc3ccccc3C2=[O+]1. The van der Waals surface area contributed by atoms with Crippen LogP contribution in [-0.2, 0) is 4.65 Å². The summed E-state index contributed by atoms with van der Waals surface area (Å²) in [6, 6.07) is 15.8. The van der Waals surface area contributed by atoms with Crippen LogP contribution in [0.2, 0.25) is 0 Å². The molecule has 2 aliphatic rings. The predicted octanol–water partition coefficient (Wildman–Crippen LogP) is 3.57. The van der Waals surface area contributed by atoms with Crippen LogP contribution >= 0.6 is 0 Å². The molecule has 0 bridgehead atoms. The van der Waals surface area contributed by atoms with E-state index in [-0.39, 0.29) is 17.3 Å². The Hall–Kier alpha value is -2.63. The van der Waals surface area contributed by atoms with E-state index in [0.29, 0.717) is 16.9 Å². The van der Waals surface area contributed by atoms with Crippen molar-refractivity contribution in [3.8, 4) is 5.75 Å². The van der Waals surface area contributed by atoms with Gasteiger partial charge < -0.3 is 22.4 Å². The first-order valence-corrected chi connectivity index (χ1v) is 6.46. The Morgan fingerprint density at radius 3 is 2.38 bits per heavy atom. The number of carbonyl (C=O) groups excluding carboxylic acids is 1. The monoisotopic (exact) mass is 286 g/mol. The van der Waals surface area contributed by atoms with E-state index in [0.717, 1.165) is 0 Å². The van der Waals surface area contributed by atoms with Gasteiger partial charge in [-0.1, -0.05) is 42.5 Å². The summed E-state index contributed by atoms with van der Waals surface area (Å²) in [5.41, 5.74) is 1.11. The minimum absolute atomic E-state index is 0.0284. The molecule has 3 nitrogen and oxygen atoms in total. The molecule has 0 saturated carbocycles. The van der Waals surface area contributed by atoms with E-state index in [4.69, 9.17) is 13.7 Å². The van der Waals surface area contributed by atoms with Crippen LogP contribution in [0, 0.1) is 0 Å². The lowest BCUT2D eigenvalue weighted by molar-refractivity contribution is -0.164. The van der Waals surface area contributed by atoms with Gasteiger partial charge in [0.15, 0.2) is 5.76 Å². The summed E-state index contributed by atoms with van der Waals surface area (Å²) in [4.78, 5) is 0. The molecule has 2 aromatic rings. The average Bonchev–Trinajstić information content (AvgIpc) is 2.83. The third kappa shape index (κ3) is 1.91. The van der Waals surface area contributed by atoms with Crippen molar-refractivity contribution in [2.75, 3.05) is 0 Å². The Morgan fingerprint density at radius 2 is 1.57 bits per heavy atom. The van der Waals surface area contributed by atoms with Crippen molar-refractivity contribution in [1.82, 2.24) is 0 Å². The van der Waals surface area contributed by atoms with Gasteiger partial charge in [-0.3, -0.25) is 0 Å². The van der Waals surface area contributed by atoms with Gasteiger partial charge >= 0.3 is 12.9 Å². The zero-order valence-corrected chi connectivity index (χ0v) is 10.8. The fourth-order valence-corrected chi connectivity index (χ4v) is 2.43. The molecule has 6 heteroatoms. The lowest BCUT2D eigenvalue weighted by Gasteiger charge is -2.19. The molecule has 21 heavy (non-hydrogen) atoms. The maximum atomic E-state index is 13.5. The molecule has 104 valence electrons. The molecule has 0 radical (unpaired) electrons. The molecule has 0 atom stereocenters. The number of fused-ring (bicyclic) bond motifs is 3. The van der Waals surface area contributed by atoms with Gasteiger partial charge in [0, 0.05) is 5.56 Å². The first-order chi connectivity index (χ1) is 10.1. The number of para-hydroxylation sites is 1. The average molecular weight is 286 g/mol. The molecular formula is C15H9BF2O3. The molecule has 4 rings (SSSR count). The minimum Gasteiger partial charge on any atom is -0.560 e. The first kappa shape index (κ1) is 12.1. The van der Waals surface area contributed by atoms with Crippen LogP contribution in [-0.4, -0.2) is 12.9 Å². The minimum atomic E-state index is -4.36. The molecule has 2 aliphatic heterocycles. The molecule has 0 N–H and O–H groups in total. The Kier molecular flexibility index (Phi) is 2.42. The summed E-state index contributed by atoms with van der Waals surface area (Å²) in [6.45, 7) is 0. The summed E-state index contributed by atoms with van der Waals surface area (Å²) < 4.78 is 42.2. The van der Waals surface area contributed by atoms with E-state index in [1.807, 2.05) is 6.07 Å². The molecule has 0 aromatic heterocycles. The fraction of sp³-hybridized carbons (Fsp3) is 0. The Balaban J connectivity index is 1.95. The third-order valence-corrected chi connectivity index (χ3v) is 3.30. The maximum absolute atomic E-state index is 13.5.